The molecule has 0 atom stereocenters. The highest BCUT2D eigenvalue weighted by Crippen LogP contribution is 2.21. The number of aromatic nitrogens is 4. The van der Waals surface area contributed by atoms with Crippen molar-refractivity contribution in [3.8, 4) is 0 Å². The number of nitrogens with zero attached hydrogens (tertiary/aromatic N) is 4. The van der Waals surface area contributed by atoms with Gasteiger partial charge in [-0.25, -0.2) is 9.67 Å². The summed E-state index contributed by atoms with van der Waals surface area (Å²) in [4.78, 5) is 16.8. The van der Waals surface area contributed by atoms with Crippen LogP contribution in [0.4, 0.5) is 5.69 Å². The van der Waals surface area contributed by atoms with Gasteiger partial charge in [-0.2, -0.15) is 0 Å². The Kier molecular flexibility index (Phi) is 5.53. The summed E-state index contributed by atoms with van der Waals surface area (Å²) in [6.07, 6.45) is 4.44. The minimum atomic E-state index is -0.279. The summed E-state index contributed by atoms with van der Waals surface area (Å²) in [5, 5.41) is 14.3. The third-order valence-corrected chi connectivity index (χ3v) is 4.42. The maximum absolute atomic E-state index is 12.4. The van der Waals surface area contributed by atoms with Gasteiger partial charge >= 0.3 is 0 Å². The third-order valence-electron chi connectivity index (χ3n) is 4.42. The predicted molar refractivity (Wildman–Crippen MR) is 99.8 cm³/mol. The fourth-order valence-corrected chi connectivity index (χ4v) is 3.03. The van der Waals surface area contributed by atoms with Crippen molar-refractivity contribution in [2.24, 2.45) is 0 Å². The fraction of sp³-hybridized carbons (Fsp3) is 0.412. The van der Waals surface area contributed by atoms with Gasteiger partial charge in [-0.3, -0.25) is 4.79 Å². The lowest BCUT2D eigenvalue weighted by Crippen LogP contribution is -2.29. The summed E-state index contributed by atoms with van der Waals surface area (Å²) in [6, 6.07) is 5.70. The van der Waals surface area contributed by atoms with E-state index in [1.807, 2.05) is 13.0 Å². The van der Waals surface area contributed by atoms with Crippen molar-refractivity contribution < 1.29 is 9.21 Å². The van der Waals surface area contributed by atoms with Crippen LogP contribution in [0.1, 0.15) is 42.2 Å². The van der Waals surface area contributed by atoms with Gasteiger partial charge in [0.2, 0.25) is 0 Å². The quantitative estimate of drug-likeness (QED) is 0.726. The summed E-state index contributed by atoms with van der Waals surface area (Å²) in [5.41, 5.74) is 2.41. The van der Waals surface area contributed by atoms with Crippen molar-refractivity contribution in [3.63, 3.8) is 0 Å². The Labute approximate surface area is 156 Å². The molecule has 0 spiro atoms. The monoisotopic (exact) mass is 376 g/mol. The van der Waals surface area contributed by atoms with Gasteiger partial charge in [0.05, 0.1) is 12.2 Å². The van der Waals surface area contributed by atoms with Crippen LogP contribution in [-0.2, 0) is 6.42 Å². The van der Waals surface area contributed by atoms with Crippen LogP contribution in [0, 0.1) is 0 Å². The number of hydrogen-bond acceptors (Lipinski definition) is 6. The van der Waals surface area contributed by atoms with E-state index in [2.05, 4.69) is 25.9 Å². The molecule has 1 aliphatic rings. The van der Waals surface area contributed by atoms with Gasteiger partial charge in [0.15, 0.2) is 17.2 Å². The second-order valence-electron chi connectivity index (χ2n) is 6.16. The number of nitrogens with one attached hydrogen (secondary N) is 2. The normalized spacial score (nSPS) is 15.0. The smallest absolute Gasteiger partial charge is 0.277 e. The topological polar surface area (TPSA) is 97.9 Å². The zero-order chi connectivity index (χ0) is 17.2. The number of hydrogen-bond donors (Lipinski definition) is 2. The number of anilines is 1. The fourth-order valence-electron chi connectivity index (χ4n) is 3.03. The molecule has 138 valence electrons. The Hall–Kier alpha value is -2.45. The summed E-state index contributed by atoms with van der Waals surface area (Å²) in [6.45, 7) is 3.91. The van der Waals surface area contributed by atoms with Crippen molar-refractivity contribution in [1.82, 2.24) is 25.3 Å². The number of amides is 1. The molecule has 4 rings (SSSR count). The van der Waals surface area contributed by atoms with Gasteiger partial charge in [0, 0.05) is 12.1 Å². The zero-order valence-electron chi connectivity index (χ0n) is 14.4. The van der Waals surface area contributed by atoms with E-state index < -0.39 is 0 Å². The van der Waals surface area contributed by atoms with Gasteiger partial charge in [0.1, 0.15) is 5.52 Å². The lowest BCUT2D eigenvalue weighted by molar-refractivity contribution is 0.102. The highest BCUT2D eigenvalue weighted by molar-refractivity contribution is 6.03. The standard InChI is InChI=1S/C17H20N6O2.ClH/c1-2-16-20-13-9-11(3-4-15(13)25-16)19-17(24)14-10-23(22-21-14)12-5-7-18-8-6-12;/h3-4,9-10,12,18H,2,5-8H2,1H3,(H,19,24);1H. The SMILES string of the molecule is CCc1nc2cc(NC(=O)c3cn(C4CCNCC4)nn3)ccc2o1.Cl. The number of piperidine rings is 1. The first-order valence-electron chi connectivity index (χ1n) is 8.56. The largest absolute Gasteiger partial charge is 0.441 e. The number of aryl methyl sites for hydroxylation is 1. The molecular formula is C17H21ClN6O2. The number of carbonyl (C=O) groups excluding carboxylic acids is 1. The van der Waals surface area contributed by atoms with Gasteiger partial charge in [-0.1, -0.05) is 12.1 Å². The van der Waals surface area contributed by atoms with E-state index in [4.69, 9.17) is 4.42 Å². The molecule has 3 heterocycles. The minimum Gasteiger partial charge on any atom is -0.441 e. The van der Waals surface area contributed by atoms with E-state index in [1.165, 1.54) is 0 Å². The molecule has 1 fully saturated rings. The van der Waals surface area contributed by atoms with Crippen LogP contribution < -0.4 is 10.6 Å². The third kappa shape index (κ3) is 3.71. The molecule has 3 aromatic rings. The minimum absolute atomic E-state index is 0. The molecule has 2 aromatic heterocycles. The van der Waals surface area contributed by atoms with E-state index in [-0.39, 0.29) is 18.3 Å². The summed E-state index contributed by atoms with van der Waals surface area (Å²) in [7, 11) is 0. The van der Waals surface area contributed by atoms with Crippen LogP contribution in [0.25, 0.3) is 11.1 Å². The Morgan fingerprint density at radius 2 is 2.19 bits per heavy atom. The predicted octanol–water partition coefficient (Wildman–Crippen LogP) is 2.58. The Balaban J connectivity index is 0.00000196. The second-order valence-corrected chi connectivity index (χ2v) is 6.16. The highest BCUT2D eigenvalue weighted by Gasteiger charge is 2.19. The average molecular weight is 377 g/mol. The van der Waals surface area contributed by atoms with Crippen LogP contribution in [0.5, 0.6) is 0 Å². The van der Waals surface area contributed by atoms with Crippen LogP contribution in [0.15, 0.2) is 28.8 Å². The molecule has 0 bridgehead atoms. The molecule has 1 saturated heterocycles. The Bertz CT molecular complexity index is 900. The molecule has 0 aliphatic carbocycles. The van der Waals surface area contributed by atoms with E-state index in [9.17, 15) is 4.79 Å². The van der Waals surface area contributed by atoms with Crippen molar-refractivity contribution >= 4 is 35.1 Å². The lowest BCUT2D eigenvalue weighted by atomic mass is 10.1. The number of carbonyl (C=O) groups is 1. The van der Waals surface area contributed by atoms with E-state index in [0.29, 0.717) is 28.9 Å². The molecular weight excluding hydrogens is 356 g/mol. The summed E-state index contributed by atoms with van der Waals surface area (Å²) in [5.74, 6) is 0.405. The van der Waals surface area contributed by atoms with Gasteiger partial charge in [-0.15, -0.1) is 17.5 Å². The number of fused-ring (bicyclic) bond motifs is 1. The summed E-state index contributed by atoms with van der Waals surface area (Å²) >= 11 is 0. The summed E-state index contributed by atoms with van der Waals surface area (Å²) < 4.78 is 7.37. The van der Waals surface area contributed by atoms with Crippen LogP contribution in [0.3, 0.4) is 0 Å². The van der Waals surface area contributed by atoms with Crippen molar-refractivity contribution in [1.29, 1.82) is 0 Å². The number of halogens is 1. The molecule has 1 aromatic carbocycles. The first-order chi connectivity index (χ1) is 12.2. The molecule has 1 amide bonds. The van der Waals surface area contributed by atoms with Crippen LogP contribution in [0.2, 0.25) is 0 Å². The lowest BCUT2D eigenvalue weighted by Gasteiger charge is -2.22. The Morgan fingerprint density at radius 3 is 2.96 bits per heavy atom. The molecule has 0 unspecified atom stereocenters. The zero-order valence-corrected chi connectivity index (χ0v) is 15.3. The molecule has 0 saturated carbocycles. The highest BCUT2D eigenvalue weighted by atomic mass is 35.5. The first kappa shape index (κ1) is 18.3. The average Bonchev–Trinajstić information content (AvgIpc) is 3.29. The maximum atomic E-state index is 12.4. The van der Waals surface area contributed by atoms with Gasteiger partial charge in [-0.05, 0) is 44.1 Å². The van der Waals surface area contributed by atoms with Crippen molar-refractivity contribution in [2.75, 3.05) is 18.4 Å². The van der Waals surface area contributed by atoms with Gasteiger partial charge < -0.3 is 15.1 Å². The van der Waals surface area contributed by atoms with Crippen molar-refractivity contribution in [3.05, 3.63) is 36.0 Å². The first-order valence-corrected chi connectivity index (χ1v) is 8.56. The number of oxazole rings is 1. The second kappa shape index (κ2) is 7.84. The molecule has 26 heavy (non-hydrogen) atoms. The number of benzene rings is 1. The van der Waals surface area contributed by atoms with Crippen molar-refractivity contribution in [2.45, 2.75) is 32.2 Å². The van der Waals surface area contributed by atoms with Crippen LogP contribution >= 0.6 is 12.4 Å². The van der Waals surface area contributed by atoms with Gasteiger partial charge in [0.25, 0.3) is 5.91 Å². The molecule has 1 aliphatic heterocycles. The molecule has 8 nitrogen and oxygen atoms in total. The molecule has 9 heteroatoms. The van der Waals surface area contributed by atoms with E-state index in [0.717, 1.165) is 37.9 Å². The van der Waals surface area contributed by atoms with E-state index >= 15 is 0 Å². The molecule has 2 N–H and O–H groups in total. The maximum Gasteiger partial charge on any atom is 0.277 e. The number of rotatable bonds is 4. The van der Waals surface area contributed by atoms with E-state index in [1.54, 1.807) is 23.0 Å². The Morgan fingerprint density at radius 1 is 1.38 bits per heavy atom. The van der Waals surface area contributed by atoms with Crippen LogP contribution in [-0.4, -0.2) is 39.0 Å². The molecule has 0 radical (unpaired) electrons.